The molecular weight excluding hydrogens is 280 g/mol. The summed E-state index contributed by atoms with van der Waals surface area (Å²) >= 11 is 0. The molecule has 0 aliphatic heterocycles. The van der Waals surface area contributed by atoms with E-state index in [4.69, 9.17) is 4.74 Å². The molecule has 2 atom stereocenters. The molecule has 5 nitrogen and oxygen atoms in total. The van der Waals surface area contributed by atoms with Gasteiger partial charge in [-0.15, -0.1) is 0 Å². The monoisotopic (exact) mass is 308 g/mol. The molecular formula is C17H28N2O3. The third-order valence-electron chi connectivity index (χ3n) is 3.21. The molecule has 1 aromatic carbocycles. The van der Waals surface area contributed by atoms with Crippen LogP contribution in [0.1, 0.15) is 40.0 Å². The Morgan fingerprint density at radius 2 is 2.14 bits per heavy atom. The van der Waals surface area contributed by atoms with Crippen LogP contribution in [-0.2, 0) is 0 Å². The predicted molar refractivity (Wildman–Crippen MR) is 89.3 cm³/mol. The van der Waals surface area contributed by atoms with Gasteiger partial charge in [0, 0.05) is 18.3 Å². The normalized spacial score (nSPS) is 13.3. The molecule has 0 aromatic heterocycles. The van der Waals surface area contributed by atoms with Crippen molar-refractivity contribution in [3.8, 4) is 5.75 Å². The summed E-state index contributed by atoms with van der Waals surface area (Å²) in [5.74, 6) is 0.989. The number of ether oxygens (including phenoxy) is 1. The minimum atomic E-state index is -0.350. The lowest BCUT2D eigenvalue weighted by atomic mass is 10.1. The first-order chi connectivity index (χ1) is 10.5. The van der Waals surface area contributed by atoms with Gasteiger partial charge in [0.1, 0.15) is 5.75 Å². The number of amides is 2. The Morgan fingerprint density at radius 3 is 2.82 bits per heavy atom. The first-order valence-electron chi connectivity index (χ1n) is 7.97. The summed E-state index contributed by atoms with van der Waals surface area (Å²) in [6.07, 6.45) is 2.42. The van der Waals surface area contributed by atoms with E-state index in [9.17, 15) is 9.90 Å². The third kappa shape index (κ3) is 7.88. The van der Waals surface area contributed by atoms with Crippen LogP contribution < -0.4 is 15.4 Å². The van der Waals surface area contributed by atoms with Gasteiger partial charge in [-0.05, 0) is 37.8 Å². The average Bonchev–Trinajstić information content (AvgIpc) is 2.45. The number of carbonyl (C=O) groups excluding carboxylic acids is 1. The molecule has 0 spiro atoms. The van der Waals surface area contributed by atoms with Crippen molar-refractivity contribution < 1.29 is 14.6 Å². The fourth-order valence-corrected chi connectivity index (χ4v) is 2.11. The topological polar surface area (TPSA) is 70.6 Å². The lowest BCUT2D eigenvalue weighted by Gasteiger charge is -2.15. The number of urea groups is 1. The Labute approximate surface area is 133 Å². The van der Waals surface area contributed by atoms with E-state index >= 15 is 0 Å². The molecule has 0 bridgehead atoms. The fraction of sp³-hybridized carbons (Fsp3) is 0.588. The second-order valence-corrected chi connectivity index (χ2v) is 5.75. The minimum absolute atomic E-state index is 0.231. The zero-order valence-electron chi connectivity index (χ0n) is 13.8. The second-order valence-electron chi connectivity index (χ2n) is 5.75. The maximum atomic E-state index is 11.8. The molecule has 3 N–H and O–H groups in total. The van der Waals surface area contributed by atoms with Crippen molar-refractivity contribution in [1.82, 2.24) is 5.32 Å². The van der Waals surface area contributed by atoms with Gasteiger partial charge in [0.05, 0.1) is 12.7 Å². The average molecular weight is 308 g/mol. The Balaban J connectivity index is 2.39. The Bertz CT molecular complexity index is 449. The molecule has 124 valence electrons. The molecule has 0 radical (unpaired) electrons. The van der Waals surface area contributed by atoms with Crippen LogP contribution in [-0.4, -0.2) is 30.4 Å². The summed E-state index contributed by atoms with van der Waals surface area (Å²) < 4.78 is 5.61. The standard InChI is InChI=1S/C17H28N2O3/c1-4-5-9-22-16-8-6-7-15(11-16)19-17(21)18-12-13(2)10-14(3)20/h6-8,11,13-14,20H,4-5,9-10,12H2,1-3H3,(H2,18,19,21). The molecule has 0 aliphatic carbocycles. The van der Waals surface area contributed by atoms with Crippen molar-refractivity contribution in [2.24, 2.45) is 5.92 Å². The zero-order valence-corrected chi connectivity index (χ0v) is 13.8. The lowest BCUT2D eigenvalue weighted by molar-refractivity contribution is 0.163. The van der Waals surface area contributed by atoms with Gasteiger partial charge in [-0.3, -0.25) is 0 Å². The molecule has 5 heteroatoms. The van der Waals surface area contributed by atoms with Crippen LogP contribution in [0, 0.1) is 5.92 Å². The highest BCUT2D eigenvalue weighted by molar-refractivity contribution is 5.89. The molecule has 1 aromatic rings. The van der Waals surface area contributed by atoms with Gasteiger partial charge in [-0.2, -0.15) is 0 Å². The van der Waals surface area contributed by atoms with Crippen molar-refractivity contribution in [2.75, 3.05) is 18.5 Å². The lowest BCUT2D eigenvalue weighted by Crippen LogP contribution is -2.33. The summed E-state index contributed by atoms with van der Waals surface area (Å²) in [6.45, 7) is 7.08. The van der Waals surface area contributed by atoms with E-state index in [1.165, 1.54) is 0 Å². The van der Waals surface area contributed by atoms with E-state index < -0.39 is 0 Å². The Hall–Kier alpha value is -1.75. The van der Waals surface area contributed by atoms with Gasteiger partial charge in [-0.1, -0.05) is 26.3 Å². The highest BCUT2D eigenvalue weighted by Gasteiger charge is 2.08. The van der Waals surface area contributed by atoms with Crippen molar-refractivity contribution in [3.05, 3.63) is 24.3 Å². The molecule has 0 saturated heterocycles. The first kappa shape index (κ1) is 18.3. The van der Waals surface area contributed by atoms with Gasteiger partial charge in [0.15, 0.2) is 0 Å². The maximum absolute atomic E-state index is 11.8. The number of aliphatic hydroxyl groups excluding tert-OH is 1. The van der Waals surface area contributed by atoms with Crippen molar-refractivity contribution >= 4 is 11.7 Å². The molecule has 2 unspecified atom stereocenters. The SMILES string of the molecule is CCCCOc1cccc(NC(=O)NCC(C)CC(C)O)c1. The van der Waals surface area contributed by atoms with Crippen LogP contribution in [0.2, 0.25) is 0 Å². The van der Waals surface area contributed by atoms with Crippen LogP contribution in [0.5, 0.6) is 5.75 Å². The van der Waals surface area contributed by atoms with Crippen molar-refractivity contribution in [1.29, 1.82) is 0 Å². The van der Waals surface area contributed by atoms with Crippen LogP contribution in [0.3, 0.4) is 0 Å². The van der Waals surface area contributed by atoms with Crippen LogP contribution in [0.25, 0.3) is 0 Å². The summed E-state index contributed by atoms with van der Waals surface area (Å²) in [5.41, 5.74) is 0.703. The number of hydrogen-bond acceptors (Lipinski definition) is 3. The number of anilines is 1. The van der Waals surface area contributed by atoms with E-state index in [1.54, 1.807) is 6.92 Å². The zero-order chi connectivity index (χ0) is 16.4. The first-order valence-corrected chi connectivity index (χ1v) is 7.97. The Kier molecular flexibility index (Phi) is 8.36. The minimum Gasteiger partial charge on any atom is -0.494 e. The van der Waals surface area contributed by atoms with Crippen molar-refractivity contribution in [2.45, 2.75) is 46.1 Å². The van der Waals surface area contributed by atoms with E-state index in [-0.39, 0.29) is 18.1 Å². The van der Waals surface area contributed by atoms with Gasteiger partial charge < -0.3 is 20.5 Å². The van der Waals surface area contributed by atoms with Crippen LogP contribution >= 0.6 is 0 Å². The third-order valence-corrected chi connectivity index (χ3v) is 3.21. The predicted octanol–water partition coefficient (Wildman–Crippen LogP) is 3.39. The maximum Gasteiger partial charge on any atom is 0.319 e. The second kappa shape index (κ2) is 10.1. The molecule has 0 saturated carbocycles. The van der Waals surface area contributed by atoms with Crippen molar-refractivity contribution in [3.63, 3.8) is 0 Å². The van der Waals surface area contributed by atoms with E-state index in [2.05, 4.69) is 17.6 Å². The molecule has 1 rings (SSSR count). The van der Waals surface area contributed by atoms with Gasteiger partial charge in [-0.25, -0.2) is 4.79 Å². The van der Waals surface area contributed by atoms with Crippen LogP contribution in [0.15, 0.2) is 24.3 Å². The number of unbranched alkanes of at least 4 members (excludes halogenated alkanes) is 1. The number of nitrogens with one attached hydrogen (secondary N) is 2. The fourth-order valence-electron chi connectivity index (χ4n) is 2.11. The number of aliphatic hydroxyl groups is 1. The van der Waals surface area contributed by atoms with Gasteiger partial charge >= 0.3 is 6.03 Å². The highest BCUT2D eigenvalue weighted by Crippen LogP contribution is 2.17. The summed E-state index contributed by atoms with van der Waals surface area (Å²) in [5, 5.41) is 14.9. The smallest absolute Gasteiger partial charge is 0.319 e. The molecule has 0 fully saturated rings. The van der Waals surface area contributed by atoms with E-state index in [1.807, 2.05) is 31.2 Å². The molecule has 22 heavy (non-hydrogen) atoms. The number of hydrogen-bond donors (Lipinski definition) is 3. The molecule has 0 aliphatic rings. The summed E-state index contributed by atoms with van der Waals surface area (Å²) in [6, 6.07) is 7.12. The van der Waals surface area contributed by atoms with E-state index in [0.29, 0.717) is 25.3 Å². The number of rotatable bonds is 9. The quantitative estimate of drug-likeness (QED) is 0.612. The largest absolute Gasteiger partial charge is 0.494 e. The number of carbonyl (C=O) groups is 1. The number of benzene rings is 1. The Morgan fingerprint density at radius 1 is 1.36 bits per heavy atom. The van der Waals surface area contributed by atoms with Crippen LogP contribution in [0.4, 0.5) is 10.5 Å². The van der Waals surface area contributed by atoms with Gasteiger partial charge in [0.25, 0.3) is 0 Å². The molecule has 2 amide bonds. The molecule has 0 heterocycles. The highest BCUT2D eigenvalue weighted by atomic mass is 16.5. The van der Waals surface area contributed by atoms with E-state index in [0.717, 1.165) is 18.6 Å². The summed E-state index contributed by atoms with van der Waals surface area (Å²) in [7, 11) is 0. The van der Waals surface area contributed by atoms with Gasteiger partial charge in [0.2, 0.25) is 0 Å². The summed E-state index contributed by atoms with van der Waals surface area (Å²) in [4.78, 5) is 11.8.